The maximum atomic E-state index is 6.24. The first-order chi connectivity index (χ1) is 6.31. The van der Waals surface area contributed by atoms with Gasteiger partial charge in [-0.2, -0.15) is 0 Å². The molecule has 3 heteroatoms. The third kappa shape index (κ3) is 3.95. The molecule has 2 N–H and O–H groups in total. The van der Waals surface area contributed by atoms with Crippen LogP contribution in [0.4, 0.5) is 0 Å². The second kappa shape index (κ2) is 4.17. The highest BCUT2D eigenvalue weighted by Gasteiger charge is 2.31. The molecule has 84 valence electrons. The molecular formula is C11H24N2O. The summed E-state index contributed by atoms with van der Waals surface area (Å²) in [5.74, 6) is 0. The van der Waals surface area contributed by atoms with Crippen molar-refractivity contribution >= 4 is 0 Å². The van der Waals surface area contributed by atoms with Crippen LogP contribution in [0, 0.1) is 5.41 Å². The predicted octanol–water partition coefficient (Wildman–Crippen LogP) is 1.43. The van der Waals surface area contributed by atoms with Crippen LogP contribution in [0.25, 0.3) is 0 Å². The van der Waals surface area contributed by atoms with Gasteiger partial charge in [0.1, 0.15) is 0 Å². The van der Waals surface area contributed by atoms with E-state index < -0.39 is 0 Å². The highest BCUT2D eigenvalue weighted by molar-refractivity contribution is 4.87. The number of nitrogens with two attached hydrogens (primary N) is 1. The zero-order valence-corrected chi connectivity index (χ0v) is 9.97. The summed E-state index contributed by atoms with van der Waals surface area (Å²) in [4.78, 5) is 2.22. The van der Waals surface area contributed by atoms with Crippen molar-refractivity contribution in [2.75, 3.05) is 26.9 Å². The van der Waals surface area contributed by atoms with E-state index in [0.717, 1.165) is 32.7 Å². The molecule has 0 bridgehead atoms. The lowest BCUT2D eigenvalue weighted by Crippen LogP contribution is -2.43. The molecule has 0 aromatic rings. The first-order valence-electron chi connectivity index (χ1n) is 5.36. The summed E-state index contributed by atoms with van der Waals surface area (Å²) in [5.41, 5.74) is 6.42. The van der Waals surface area contributed by atoms with Gasteiger partial charge in [-0.1, -0.05) is 13.8 Å². The van der Waals surface area contributed by atoms with E-state index in [-0.39, 0.29) is 11.0 Å². The Bertz CT molecular complexity index is 190. The van der Waals surface area contributed by atoms with Gasteiger partial charge in [0.2, 0.25) is 0 Å². The van der Waals surface area contributed by atoms with E-state index in [9.17, 15) is 0 Å². The number of rotatable bonds is 0. The van der Waals surface area contributed by atoms with Crippen molar-refractivity contribution in [2.45, 2.75) is 39.2 Å². The highest BCUT2D eigenvalue weighted by atomic mass is 16.5. The molecule has 0 aromatic carbocycles. The molecule has 1 heterocycles. The van der Waals surface area contributed by atoms with Crippen molar-refractivity contribution < 1.29 is 4.74 Å². The molecule has 1 aliphatic rings. The van der Waals surface area contributed by atoms with Gasteiger partial charge < -0.3 is 10.5 Å². The van der Waals surface area contributed by atoms with Gasteiger partial charge in [0.05, 0.1) is 13.3 Å². The summed E-state index contributed by atoms with van der Waals surface area (Å²) in [7, 11) is 2.10. The lowest BCUT2D eigenvalue weighted by Gasteiger charge is -2.35. The Kier molecular flexibility index (Phi) is 3.56. The Morgan fingerprint density at radius 1 is 1.29 bits per heavy atom. The quantitative estimate of drug-likeness (QED) is 0.643. The molecule has 1 atom stereocenters. The number of hydrogen-bond acceptors (Lipinski definition) is 3. The van der Waals surface area contributed by atoms with Crippen molar-refractivity contribution in [3.05, 3.63) is 0 Å². The fourth-order valence-electron chi connectivity index (χ4n) is 2.54. The standard InChI is InChI=1S/C11H24N2O/c1-10(2)7-11(3,12)5-6-14-9-13(4)8-10/h5-9,12H2,1-4H3. The molecule has 1 unspecified atom stereocenters. The number of nitrogens with zero attached hydrogens (tertiary/aromatic N) is 1. The zero-order valence-electron chi connectivity index (χ0n) is 9.97. The largest absolute Gasteiger partial charge is 0.366 e. The van der Waals surface area contributed by atoms with E-state index >= 15 is 0 Å². The SMILES string of the molecule is CN1COCCC(C)(N)CC(C)(C)C1. The molecule has 0 radical (unpaired) electrons. The lowest BCUT2D eigenvalue weighted by atomic mass is 9.78. The van der Waals surface area contributed by atoms with Crippen molar-refractivity contribution in [1.82, 2.24) is 4.90 Å². The van der Waals surface area contributed by atoms with Gasteiger partial charge in [0.25, 0.3) is 0 Å². The first kappa shape index (κ1) is 12.0. The Morgan fingerprint density at radius 3 is 2.57 bits per heavy atom. The van der Waals surface area contributed by atoms with Crippen molar-refractivity contribution in [2.24, 2.45) is 11.1 Å². The third-order valence-electron chi connectivity index (χ3n) is 2.71. The molecule has 1 fully saturated rings. The summed E-state index contributed by atoms with van der Waals surface area (Å²) in [6, 6.07) is 0. The topological polar surface area (TPSA) is 38.5 Å². The molecule has 0 spiro atoms. The number of ether oxygens (including phenoxy) is 1. The fraction of sp³-hybridized carbons (Fsp3) is 1.00. The lowest BCUT2D eigenvalue weighted by molar-refractivity contribution is 0.0327. The molecule has 3 nitrogen and oxygen atoms in total. The van der Waals surface area contributed by atoms with Crippen molar-refractivity contribution in [3.8, 4) is 0 Å². The minimum Gasteiger partial charge on any atom is -0.366 e. The second-order valence-corrected chi connectivity index (χ2v) is 5.80. The summed E-state index contributed by atoms with van der Waals surface area (Å²) in [6.45, 7) is 9.22. The monoisotopic (exact) mass is 200 g/mol. The Hall–Kier alpha value is -0.120. The molecule has 1 rings (SSSR count). The van der Waals surface area contributed by atoms with E-state index in [1.165, 1.54) is 0 Å². The van der Waals surface area contributed by atoms with Crippen LogP contribution in [-0.4, -0.2) is 37.4 Å². The second-order valence-electron chi connectivity index (χ2n) is 5.80. The van der Waals surface area contributed by atoms with Crippen LogP contribution in [0.2, 0.25) is 0 Å². The summed E-state index contributed by atoms with van der Waals surface area (Å²) < 4.78 is 5.54. The predicted molar refractivity (Wildman–Crippen MR) is 59.1 cm³/mol. The summed E-state index contributed by atoms with van der Waals surface area (Å²) in [6.07, 6.45) is 2.00. The fourth-order valence-corrected chi connectivity index (χ4v) is 2.54. The minimum atomic E-state index is -0.0886. The Morgan fingerprint density at radius 2 is 1.93 bits per heavy atom. The molecule has 1 saturated heterocycles. The van der Waals surface area contributed by atoms with Crippen molar-refractivity contribution in [3.63, 3.8) is 0 Å². The van der Waals surface area contributed by atoms with E-state index in [1.54, 1.807) is 0 Å². The van der Waals surface area contributed by atoms with Gasteiger partial charge in [0, 0.05) is 12.1 Å². The van der Waals surface area contributed by atoms with E-state index in [2.05, 4.69) is 32.7 Å². The third-order valence-corrected chi connectivity index (χ3v) is 2.71. The van der Waals surface area contributed by atoms with Gasteiger partial charge in [-0.05, 0) is 32.2 Å². The Balaban J connectivity index is 2.67. The van der Waals surface area contributed by atoms with Crippen molar-refractivity contribution in [1.29, 1.82) is 0 Å². The normalized spacial score (nSPS) is 35.8. The molecule has 0 aliphatic carbocycles. The van der Waals surface area contributed by atoms with Gasteiger partial charge in [-0.25, -0.2) is 0 Å². The number of hydrogen-bond donors (Lipinski definition) is 1. The smallest absolute Gasteiger partial charge is 0.0987 e. The van der Waals surface area contributed by atoms with Crippen LogP contribution in [0.3, 0.4) is 0 Å². The summed E-state index contributed by atoms with van der Waals surface area (Å²) >= 11 is 0. The van der Waals surface area contributed by atoms with E-state index in [1.807, 2.05) is 0 Å². The van der Waals surface area contributed by atoms with Crippen LogP contribution in [0.1, 0.15) is 33.6 Å². The minimum absolute atomic E-state index is 0.0886. The molecule has 0 aromatic heterocycles. The first-order valence-corrected chi connectivity index (χ1v) is 5.36. The average Bonchev–Trinajstić information content (AvgIpc) is 1.96. The van der Waals surface area contributed by atoms with E-state index in [4.69, 9.17) is 10.5 Å². The van der Waals surface area contributed by atoms with Gasteiger partial charge in [-0.3, -0.25) is 4.90 Å². The highest BCUT2D eigenvalue weighted by Crippen LogP contribution is 2.30. The Labute approximate surface area is 87.6 Å². The van der Waals surface area contributed by atoms with Crippen LogP contribution in [0.5, 0.6) is 0 Å². The molecule has 14 heavy (non-hydrogen) atoms. The molecular weight excluding hydrogens is 176 g/mol. The summed E-state index contributed by atoms with van der Waals surface area (Å²) in [5, 5.41) is 0. The maximum Gasteiger partial charge on any atom is 0.0987 e. The van der Waals surface area contributed by atoms with E-state index in [0.29, 0.717) is 0 Å². The van der Waals surface area contributed by atoms with Gasteiger partial charge in [0.15, 0.2) is 0 Å². The van der Waals surface area contributed by atoms with Crippen LogP contribution >= 0.6 is 0 Å². The molecule has 0 saturated carbocycles. The zero-order chi connectivity index (χ0) is 10.8. The average molecular weight is 200 g/mol. The van der Waals surface area contributed by atoms with Crippen LogP contribution in [0.15, 0.2) is 0 Å². The molecule has 1 aliphatic heterocycles. The van der Waals surface area contributed by atoms with Crippen LogP contribution < -0.4 is 5.73 Å². The van der Waals surface area contributed by atoms with Gasteiger partial charge >= 0.3 is 0 Å². The van der Waals surface area contributed by atoms with Gasteiger partial charge in [-0.15, -0.1) is 0 Å². The van der Waals surface area contributed by atoms with Crippen LogP contribution in [-0.2, 0) is 4.74 Å². The molecule has 0 amide bonds. The maximum absolute atomic E-state index is 6.24.